The molecule has 11 heavy (non-hydrogen) atoms. The van der Waals surface area contributed by atoms with E-state index in [1.807, 2.05) is 0 Å². The molecule has 1 unspecified atom stereocenters. The van der Waals surface area contributed by atoms with Crippen molar-refractivity contribution < 1.29 is 9.69 Å². The lowest BCUT2D eigenvalue weighted by Crippen LogP contribution is -3.17. The van der Waals surface area contributed by atoms with Crippen LogP contribution in [0, 0.1) is 5.92 Å². The largest absolute Gasteiger partial charge is 0.327 e. The summed E-state index contributed by atoms with van der Waals surface area (Å²) in [6.45, 7) is 8.45. The summed E-state index contributed by atoms with van der Waals surface area (Å²) in [5.41, 5.74) is 0. The van der Waals surface area contributed by atoms with Crippen molar-refractivity contribution in [3.63, 3.8) is 0 Å². The highest BCUT2D eigenvalue weighted by molar-refractivity contribution is 5.79. The molecule has 1 aliphatic heterocycles. The monoisotopic (exact) mass is 156 g/mol. The zero-order valence-electron chi connectivity index (χ0n) is 7.68. The Hall–Kier alpha value is -0.370. The molecule has 0 bridgehead atoms. The Kier molecular flexibility index (Phi) is 2.66. The minimum atomic E-state index is 0.437. The average molecular weight is 156 g/mol. The highest BCUT2D eigenvalue weighted by Crippen LogP contribution is 2.02. The number of likely N-dealkylation sites (tertiary alicyclic amines) is 1. The number of Topliss-reactive ketones (excluding diaryl/α,β-unsaturated/α-hetero) is 1. The van der Waals surface area contributed by atoms with Gasteiger partial charge >= 0.3 is 0 Å². The zero-order valence-corrected chi connectivity index (χ0v) is 7.68. The molecule has 2 heteroatoms. The molecule has 0 saturated carbocycles. The van der Waals surface area contributed by atoms with Crippen molar-refractivity contribution in [1.82, 2.24) is 0 Å². The van der Waals surface area contributed by atoms with Gasteiger partial charge in [-0.1, -0.05) is 6.92 Å². The van der Waals surface area contributed by atoms with Crippen LogP contribution in [0.3, 0.4) is 0 Å². The summed E-state index contributed by atoms with van der Waals surface area (Å²) in [7, 11) is 0. The van der Waals surface area contributed by atoms with E-state index in [4.69, 9.17) is 0 Å². The Morgan fingerprint density at radius 2 is 2.18 bits per heavy atom. The lowest BCUT2D eigenvalue weighted by atomic mass is 9.98. The predicted octanol–water partition coefficient (Wildman–Crippen LogP) is -0.111. The van der Waals surface area contributed by atoms with E-state index in [1.165, 1.54) is 11.4 Å². The van der Waals surface area contributed by atoms with Crippen molar-refractivity contribution in [1.29, 1.82) is 0 Å². The molecule has 1 rings (SSSR count). The zero-order chi connectivity index (χ0) is 8.43. The maximum Gasteiger partial charge on any atom is 0.187 e. The molecule has 0 amide bonds. The first-order valence-electron chi connectivity index (χ1n) is 4.46. The van der Waals surface area contributed by atoms with Crippen molar-refractivity contribution in [3.8, 4) is 0 Å². The van der Waals surface area contributed by atoms with Crippen LogP contribution in [0.5, 0.6) is 0 Å². The van der Waals surface area contributed by atoms with Gasteiger partial charge in [0.15, 0.2) is 5.78 Å². The van der Waals surface area contributed by atoms with Gasteiger partial charge in [0.1, 0.15) is 6.54 Å². The van der Waals surface area contributed by atoms with Gasteiger partial charge in [-0.15, -0.1) is 0 Å². The number of carbonyl (C=O) groups is 1. The second-order valence-corrected chi connectivity index (χ2v) is 4.04. The van der Waals surface area contributed by atoms with Crippen LogP contribution in [0.2, 0.25) is 0 Å². The molecule has 2 atom stereocenters. The summed E-state index contributed by atoms with van der Waals surface area (Å²) in [5.74, 6) is 1.03. The molecular formula is C9H18NO+. The van der Waals surface area contributed by atoms with Crippen LogP contribution in [0.15, 0.2) is 0 Å². The highest BCUT2D eigenvalue weighted by Gasteiger charge is 2.27. The number of piperidine rings is 1. The normalized spacial score (nSPS) is 32.9. The van der Waals surface area contributed by atoms with Crippen LogP contribution in [-0.4, -0.2) is 24.9 Å². The summed E-state index contributed by atoms with van der Waals surface area (Å²) in [6.07, 6.45) is 0.802. The van der Waals surface area contributed by atoms with Gasteiger partial charge in [-0.2, -0.15) is 0 Å². The molecule has 0 spiro atoms. The number of nitrogens with one attached hydrogen (secondary N) is 1. The molecule has 1 N–H and O–H groups in total. The standard InChI is InChI=1S/C9H17NO/c1-7(2)10-5-8(3)4-9(11)6-10/h7-8H,4-6H2,1-3H3/p+1/t8-/m1/s1. The van der Waals surface area contributed by atoms with Gasteiger partial charge in [0.25, 0.3) is 0 Å². The number of hydrogen-bond donors (Lipinski definition) is 1. The lowest BCUT2D eigenvalue weighted by Gasteiger charge is -2.29. The van der Waals surface area contributed by atoms with E-state index in [0.717, 1.165) is 13.0 Å². The lowest BCUT2D eigenvalue weighted by molar-refractivity contribution is -0.919. The maximum absolute atomic E-state index is 11.2. The highest BCUT2D eigenvalue weighted by atomic mass is 16.1. The molecule has 0 radical (unpaired) electrons. The Morgan fingerprint density at radius 3 is 2.64 bits per heavy atom. The second-order valence-electron chi connectivity index (χ2n) is 4.04. The molecule has 0 aromatic heterocycles. The summed E-state index contributed by atoms with van der Waals surface area (Å²) in [5, 5.41) is 0. The van der Waals surface area contributed by atoms with Crippen molar-refractivity contribution in [2.75, 3.05) is 13.1 Å². The number of hydrogen-bond acceptors (Lipinski definition) is 1. The van der Waals surface area contributed by atoms with E-state index in [-0.39, 0.29) is 0 Å². The van der Waals surface area contributed by atoms with Gasteiger partial charge in [0, 0.05) is 12.3 Å². The number of ketones is 1. The SMILES string of the molecule is CC(C)[NH+]1CC(=O)C[C@@H](C)C1. The minimum absolute atomic E-state index is 0.437. The summed E-state index contributed by atoms with van der Waals surface area (Å²) < 4.78 is 0. The number of quaternary nitrogens is 1. The van der Waals surface area contributed by atoms with Gasteiger partial charge in [-0.25, -0.2) is 0 Å². The van der Waals surface area contributed by atoms with Gasteiger partial charge in [0.2, 0.25) is 0 Å². The molecule has 1 heterocycles. The van der Waals surface area contributed by atoms with Gasteiger partial charge in [-0.3, -0.25) is 4.79 Å². The smallest absolute Gasteiger partial charge is 0.187 e. The van der Waals surface area contributed by atoms with Gasteiger partial charge in [-0.05, 0) is 13.8 Å². The van der Waals surface area contributed by atoms with E-state index in [2.05, 4.69) is 20.8 Å². The molecule has 1 fully saturated rings. The third-order valence-corrected chi connectivity index (χ3v) is 2.43. The Balaban J connectivity index is 2.49. The first-order valence-corrected chi connectivity index (χ1v) is 4.46. The van der Waals surface area contributed by atoms with E-state index in [9.17, 15) is 4.79 Å². The molecule has 1 saturated heterocycles. The maximum atomic E-state index is 11.2. The van der Waals surface area contributed by atoms with Crippen molar-refractivity contribution in [2.24, 2.45) is 5.92 Å². The Morgan fingerprint density at radius 1 is 1.55 bits per heavy atom. The molecular weight excluding hydrogens is 138 g/mol. The summed E-state index contributed by atoms with van der Waals surface area (Å²) in [6, 6.07) is 0.599. The minimum Gasteiger partial charge on any atom is -0.327 e. The van der Waals surface area contributed by atoms with Crippen LogP contribution < -0.4 is 4.90 Å². The van der Waals surface area contributed by atoms with Gasteiger partial charge in [0.05, 0.1) is 12.6 Å². The summed E-state index contributed by atoms with van der Waals surface area (Å²) >= 11 is 0. The van der Waals surface area contributed by atoms with Crippen LogP contribution >= 0.6 is 0 Å². The fourth-order valence-electron chi connectivity index (χ4n) is 1.75. The number of rotatable bonds is 1. The fraction of sp³-hybridized carbons (Fsp3) is 0.889. The average Bonchev–Trinajstić information content (AvgIpc) is 1.85. The Bertz CT molecular complexity index is 154. The van der Waals surface area contributed by atoms with Crippen molar-refractivity contribution >= 4 is 5.78 Å². The quantitative estimate of drug-likeness (QED) is 0.562. The number of carbonyl (C=O) groups excluding carboxylic acids is 1. The molecule has 64 valence electrons. The molecule has 0 aromatic rings. The third-order valence-electron chi connectivity index (χ3n) is 2.43. The van der Waals surface area contributed by atoms with E-state index < -0.39 is 0 Å². The first kappa shape index (κ1) is 8.72. The van der Waals surface area contributed by atoms with Crippen LogP contribution in [-0.2, 0) is 4.79 Å². The van der Waals surface area contributed by atoms with Crippen molar-refractivity contribution in [2.45, 2.75) is 33.2 Å². The first-order chi connectivity index (χ1) is 5.09. The molecule has 0 aromatic carbocycles. The van der Waals surface area contributed by atoms with Crippen molar-refractivity contribution in [3.05, 3.63) is 0 Å². The van der Waals surface area contributed by atoms with Gasteiger partial charge < -0.3 is 4.90 Å². The topological polar surface area (TPSA) is 21.5 Å². The summed E-state index contributed by atoms with van der Waals surface area (Å²) in [4.78, 5) is 12.6. The Labute approximate surface area is 68.6 Å². The predicted molar refractivity (Wildman–Crippen MR) is 44.6 cm³/mol. The fourth-order valence-corrected chi connectivity index (χ4v) is 1.75. The van der Waals surface area contributed by atoms with E-state index in [1.54, 1.807) is 0 Å². The van der Waals surface area contributed by atoms with Crippen LogP contribution in [0.1, 0.15) is 27.2 Å². The molecule has 0 aliphatic carbocycles. The molecule has 2 nitrogen and oxygen atoms in total. The third kappa shape index (κ3) is 2.29. The molecule has 1 aliphatic rings. The van der Waals surface area contributed by atoms with E-state index >= 15 is 0 Å². The second kappa shape index (κ2) is 3.35. The van der Waals surface area contributed by atoms with E-state index in [0.29, 0.717) is 17.7 Å². The van der Waals surface area contributed by atoms with Crippen LogP contribution in [0.25, 0.3) is 0 Å². The van der Waals surface area contributed by atoms with Crippen LogP contribution in [0.4, 0.5) is 0 Å².